The first kappa shape index (κ1) is 19.3. The first-order valence-electron chi connectivity index (χ1n) is 9.87. The van der Waals surface area contributed by atoms with Gasteiger partial charge in [-0.1, -0.05) is 44.2 Å². The molecule has 1 saturated carbocycles. The molecule has 1 N–H and O–H groups in total. The van der Waals surface area contributed by atoms with Crippen LogP contribution in [0.3, 0.4) is 0 Å². The quantitative estimate of drug-likeness (QED) is 0.722. The molecule has 1 saturated heterocycles. The monoisotopic (exact) mass is 375 g/mol. The van der Waals surface area contributed by atoms with E-state index in [1.54, 1.807) is 23.9 Å². The second-order valence-electron chi connectivity index (χ2n) is 7.54. The van der Waals surface area contributed by atoms with Gasteiger partial charge in [0.05, 0.1) is 16.7 Å². The van der Waals surface area contributed by atoms with Gasteiger partial charge in [-0.25, -0.2) is 4.79 Å². The predicted octanol–water partition coefficient (Wildman–Crippen LogP) is 4.58. The van der Waals surface area contributed by atoms with Crippen LogP contribution in [-0.2, 0) is 11.2 Å². The SMILES string of the molecule is O=C(O)c1ccc(CCCC2SCC(=O)N2CCC2CCCCC2)cc1. The van der Waals surface area contributed by atoms with Gasteiger partial charge in [-0.05, 0) is 49.3 Å². The van der Waals surface area contributed by atoms with Crippen LogP contribution in [0.1, 0.15) is 67.3 Å². The molecule has 2 aliphatic rings. The Bertz CT molecular complexity index is 610. The Labute approximate surface area is 160 Å². The lowest BCUT2D eigenvalue weighted by Crippen LogP contribution is -2.34. The molecule has 1 aliphatic heterocycles. The zero-order valence-electron chi connectivity index (χ0n) is 15.4. The van der Waals surface area contributed by atoms with Gasteiger partial charge < -0.3 is 10.0 Å². The molecular weight excluding hydrogens is 346 g/mol. The third-order valence-electron chi connectivity index (χ3n) is 5.69. The summed E-state index contributed by atoms with van der Waals surface area (Å²) < 4.78 is 0. The van der Waals surface area contributed by atoms with E-state index in [0.29, 0.717) is 22.6 Å². The lowest BCUT2D eigenvalue weighted by molar-refractivity contribution is -0.128. The molecule has 1 aliphatic carbocycles. The van der Waals surface area contributed by atoms with Crippen LogP contribution in [0.15, 0.2) is 24.3 Å². The van der Waals surface area contributed by atoms with E-state index in [0.717, 1.165) is 37.3 Å². The van der Waals surface area contributed by atoms with E-state index in [4.69, 9.17) is 5.11 Å². The maximum Gasteiger partial charge on any atom is 0.335 e. The maximum absolute atomic E-state index is 12.2. The number of benzene rings is 1. The van der Waals surface area contributed by atoms with E-state index in [1.807, 2.05) is 12.1 Å². The Morgan fingerprint density at radius 3 is 2.54 bits per heavy atom. The summed E-state index contributed by atoms with van der Waals surface area (Å²) in [7, 11) is 0. The molecule has 1 aromatic rings. The zero-order chi connectivity index (χ0) is 18.4. The first-order chi connectivity index (χ1) is 12.6. The highest BCUT2D eigenvalue weighted by atomic mass is 32.2. The number of thioether (sulfide) groups is 1. The molecule has 4 nitrogen and oxygen atoms in total. The van der Waals surface area contributed by atoms with E-state index in [-0.39, 0.29) is 0 Å². The molecule has 1 aromatic carbocycles. The minimum absolute atomic E-state index is 0.307. The Balaban J connectivity index is 1.43. The molecule has 0 aromatic heterocycles. The van der Waals surface area contributed by atoms with Crippen LogP contribution >= 0.6 is 11.8 Å². The third-order valence-corrected chi connectivity index (χ3v) is 6.98. The molecule has 3 rings (SSSR count). The van der Waals surface area contributed by atoms with Crippen molar-refractivity contribution in [2.75, 3.05) is 12.3 Å². The van der Waals surface area contributed by atoms with Gasteiger partial charge in [0, 0.05) is 6.54 Å². The van der Waals surface area contributed by atoms with E-state index in [9.17, 15) is 9.59 Å². The molecule has 0 spiro atoms. The van der Waals surface area contributed by atoms with Crippen LogP contribution in [0.2, 0.25) is 0 Å². The Hall–Kier alpha value is -1.49. The topological polar surface area (TPSA) is 57.6 Å². The van der Waals surface area contributed by atoms with Crippen molar-refractivity contribution in [3.05, 3.63) is 35.4 Å². The summed E-state index contributed by atoms with van der Waals surface area (Å²) in [6.45, 7) is 0.925. The van der Waals surface area contributed by atoms with E-state index >= 15 is 0 Å². The standard InChI is InChI=1S/C21H29NO3S/c23-19-15-26-20(22(19)14-13-16-5-2-1-3-6-16)8-4-7-17-9-11-18(12-10-17)21(24)25/h9-12,16,20H,1-8,13-15H2,(H,24,25). The summed E-state index contributed by atoms with van der Waals surface area (Å²) in [5.74, 6) is 0.867. The van der Waals surface area contributed by atoms with Crippen molar-refractivity contribution in [1.29, 1.82) is 0 Å². The van der Waals surface area contributed by atoms with Gasteiger partial charge >= 0.3 is 5.97 Å². The number of aromatic carboxylic acids is 1. The van der Waals surface area contributed by atoms with E-state index < -0.39 is 5.97 Å². The molecule has 1 atom stereocenters. The molecule has 5 heteroatoms. The molecule has 142 valence electrons. The van der Waals surface area contributed by atoms with Crippen LogP contribution in [0.4, 0.5) is 0 Å². The van der Waals surface area contributed by atoms with Crippen molar-refractivity contribution >= 4 is 23.6 Å². The number of carbonyl (C=O) groups excluding carboxylic acids is 1. The number of amides is 1. The molecule has 2 fully saturated rings. The summed E-state index contributed by atoms with van der Waals surface area (Å²) in [5, 5.41) is 9.28. The van der Waals surface area contributed by atoms with Crippen LogP contribution < -0.4 is 0 Å². The van der Waals surface area contributed by atoms with Crippen molar-refractivity contribution in [2.45, 2.75) is 63.2 Å². The van der Waals surface area contributed by atoms with Gasteiger partial charge in [0.25, 0.3) is 0 Å². The van der Waals surface area contributed by atoms with Gasteiger partial charge in [-0.15, -0.1) is 11.8 Å². The highest BCUT2D eigenvalue weighted by Gasteiger charge is 2.31. The minimum Gasteiger partial charge on any atom is -0.478 e. The number of nitrogens with zero attached hydrogens (tertiary/aromatic N) is 1. The lowest BCUT2D eigenvalue weighted by atomic mass is 9.87. The molecule has 1 amide bonds. The normalized spacial score (nSPS) is 21.3. The molecule has 0 bridgehead atoms. The highest BCUT2D eigenvalue weighted by Crippen LogP contribution is 2.32. The fourth-order valence-electron chi connectivity index (χ4n) is 4.10. The maximum atomic E-state index is 12.2. The van der Waals surface area contributed by atoms with Gasteiger partial charge in [0.2, 0.25) is 5.91 Å². The number of rotatable bonds is 8. The fraction of sp³-hybridized carbons (Fsp3) is 0.619. The average Bonchev–Trinajstić information content (AvgIpc) is 3.01. The molecule has 0 radical (unpaired) electrons. The molecular formula is C21H29NO3S. The first-order valence-corrected chi connectivity index (χ1v) is 10.9. The average molecular weight is 376 g/mol. The molecule has 26 heavy (non-hydrogen) atoms. The highest BCUT2D eigenvalue weighted by molar-refractivity contribution is 8.00. The fourth-order valence-corrected chi connectivity index (χ4v) is 5.34. The van der Waals surface area contributed by atoms with Crippen LogP contribution in [-0.4, -0.2) is 39.6 Å². The second-order valence-corrected chi connectivity index (χ2v) is 8.71. The predicted molar refractivity (Wildman–Crippen MR) is 105 cm³/mol. The summed E-state index contributed by atoms with van der Waals surface area (Å²) in [6, 6.07) is 7.14. The Kier molecular flexibility index (Phi) is 7.00. The number of hydrogen-bond acceptors (Lipinski definition) is 3. The number of hydrogen-bond donors (Lipinski definition) is 1. The van der Waals surface area contributed by atoms with Gasteiger partial charge in [0.15, 0.2) is 0 Å². The lowest BCUT2D eigenvalue weighted by Gasteiger charge is -2.28. The molecule has 1 unspecified atom stereocenters. The summed E-state index contributed by atoms with van der Waals surface area (Å²) >= 11 is 1.79. The van der Waals surface area contributed by atoms with E-state index in [2.05, 4.69) is 4.90 Å². The second kappa shape index (κ2) is 9.45. The zero-order valence-corrected chi connectivity index (χ0v) is 16.2. The largest absolute Gasteiger partial charge is 0.478 e. The van der Waals surface area contributed by atoms with Gasteiger partial charge in [0.1, 0.15) is 0 Å². The van der Waals surface area contributed by atoms with Crippen LogP contribution in [0, 0.1) is 5.92 Å². The van der Waals surface area contributed by atoms with Crippen molar-refractivity contribution in [2.24, 2.45) is 5.92 Å². The number of aryl methyl sites for hydroxylation is 1. The van der Waals surface area contributed by atoms with Gasteiger partial charge in [-0.3, -0.25) is 4.79 Å². The number of carboxylic acids is 1. The Morgan fingerprint density at radius 1 is 1.12 bits per heavy atom. The number of carboxylic acid groups (broad SMARTS) is 1. The Morgan fingerprint density at radius 2 is 1.85 bits per heavy atom. The van der Waals surface area contributed by atoms with Crippen molar-refractivity contribution < 1.29 is 14.7 Å². The number of carbonyl (C=O) groups is 2. The van der Waals surface area contributed by atoms with Crippen LogP contribution in [0.5, 0.6) is 0 Å². The van der Waals surface area contributed by atoms with E-state index in [1.165, 1.54) is 38.5 Å². The van der Waals surface area contributed by atoms with Crippen molar-refractivity contribution in [3.8, 4) is 0 Å². The summed E-state index contributed by atoms with van der Waals surface area (Å²) in [6.07, 6.45) is 10.9. The molecule has 1 heterocycles. The summed E-state index contributed by atoms with van der Waals surface area (Å²) in [5.41, 5.74) is 1.50. The smallest absolute Gasteiger partial charge is 0.335 e. The van der Waals surface area contributed by atoms with Gasteiger partial charge in [-0.2, -0.15) is 0 Å². The van der Waals surface area contributed by atoms with Crippen molar-refractivity contribution in [3.63, 3.8) is 0 Å². The van der Waals surface area contributed by atoms with Crippen LogP contribution in [0.25, 0.3) is 0 Å². The third kappa shape index (κ3) is 5.26. The minimum atomic E-state index is -0.883. The summed E-state index contributed by atoms with van der Waals surface area (Å²) in [4.78, 5) is 25.3. The van der Waals surface area contributed by atoms with Crippen molar-refractivity contribution in [1.82, 2.24) is 4.90 Å².